The van der Waals surface area contributed by atoms with E-state index >= 15 is 0 Å². The molecular formula is C69H126O6. The highest BCUT2D eigenvalue weighted by Gasteiger charge is 2.19. The maximum atomic E-state index is 12.9. The summed E-state index contributed by atoms with van der Waals surface area (Å²) in [5.41, 5.74) is 0. The molecule has 0 rings (SSSR count). The highest BCUT2D eigenvalue weighted by Crippen LogP contribution is 2.18. The molecule has 6 heteroatoms. The van der Waals surface area contributed by atoms with Gasteiger partial charge >= 0.3 is 17.9 Å². The van der Waals surface area contributed by atoms with Gasteiger partial charge in [0.25, 0.3) is 0 Å². The van der Waals surface area contributed by atoms with Crippen LogP contribution in [-0.4, -0.2) is 37.2 Å². The van der Waals surface area contributed by atoms with Crippen LogP contribution >= 0.6 is 0 Å². The Morgan fingerprint density at radius 3 is 0.773 bits per heavy atom. The molecule has 75 heavy (non-hydrogen) atoms. The highest BCUT2D eigenvalue weighted by atomic mass is 16.6. The van der Waals surface area contributed by atoms with Gasteiger partial charge in [-0.3, -0.25) is 14.4 Å². The Balaban J connectivity index is 4.38. The molecule has 0 heterocycles. The average molecular weight is 1050 g/mol. The molecule has 0 amide bonds. The summed E-state index contributed by atoms with van der Waals surface area (Å²) in [7, 11) is 0. The topological polar surface area (TPSA) is 78.9 Å². The average Bonchev–Trinajstić information content (AvgIpc) is 3.41. The molecule has 0 spiro atoms. The minimum atomic E-state index is -0.784. The molecule has 0 aliphatic heterocycles. The normalized spacial score (nSPS) is 12.3. The van der Waals surface area contributed by atoms with Crippen molar-refractivity contribution in [2.24, 2.45) is 0 Å². The molecule has 0 aromatic rings. The number of hydrogen-bond donors (Lipinski definition) is 0. The van der Waals surface area contributed by atoms with Gasteiger partial charge in [0.2, 0.25) is 0 Å². The van der Waals surface area contributed by atoms with Gasteiger partial charge in [0.15, 0.2) is 6.10 Å². The number of carbonyl (C=O) groups is 3. The summed E-state index contributed by atoms with van der Waals surface area (Å²) in [5.74, 6) is -0.884. The van der Waals surface area contributed by atoms with Crippen LogP contribution < -0.4 is 0 Å². The molecule has 1 atom stereocenters. The van der Waals surface area contributed by atoms with E-state index in [1.807, 2.05) is 0 Å². The molecule has 0 saturated carbocycles. The fourth-order valence-corrected chi connectivity index (χ4v) is 9.84. The lowest BCUT2D eigenvalue weighted by molar-refractivity contribution is -0.167. The van der Waals surface area contributed by atoms with Gasteiger partial charge in [-0.25, -0.2) is 0 Å². The Bertz CT molecular complexity index is 1300. The first-order valence-corrected chi connectivity index (χ1v) is 33.1. The number of carbonyl (C=O) groups excluding carboxylic acids is 3. The van der Waals surface area contributed by atoms with Crippen LogP contribution in [-0.2, 0) is 28.6 Å². The van der Waals surface area contributed by atoms with Crippen LogP contribution in [0.15, 0.2) is 48.6 Å². The van der Waals surface area contributed by atoms with Gasteiger partial charge in [0, 0.05) is 19.3 Å². The molecule has 0 aliphatic carbocycles. The smallest absolute Gasteiger partial charge is 0.306 e. The van der Waals surface area contributed by atoms with E-state index in [0.29, 0.717) is 19.3 Å². The summed E-state index contributed by atoms with van der Waals surface area (Å²) in [4.78, 5) is 38.4. The SMILES string of the molecule is CCCCC/C=C\C/C=C\C/C=C\C/C=C\CCCCCC(=O)OC[C@H](COC(=O)CCCCCCCCCCCCCCCCCCCCC)OC(=O)CCCCCCCCCCCCCCCCCCCCC. The van der Waals surface area contributed by atoms with Gasteiger partial charge in [-0.2, -0.15) is 0 Å². The van der Waals surface area contributed by atoms with Gasteiger partial charge in [0.05, 0.1) is 0 Å². The van der Waals surface area contributed by atoms with E-state index in [1.54, 1.807) is 0 Å². The molecule has 0 aromatic carbocycles. The van der Waals surface area contributed by atoms with E-state index < -0.39 is 6.10 Å². The minimum absolute atomic E-state index is 0.0781. The number of rotatable bonds is 61. The first kappa shape index (κ1) is 72.4. The van der Waals surface area contributed by atoms with E-state index in [0.717, 1.165) is 83.5 Å². The zero-order chi connectivity index (χ0) is 54.3. The van der Waals surface area contributed by atoms with Gasteiger partial charge in [-0.15, -0.1) is 0 Å². The van der Waals surface area contributed by atoms with Crippen LogP contribution in [0, 0.1) is 0 Å². The second-order valence-electron chi connectivity index (χ2n) is 22.4. The molecule has 0 fully saturated rings. The molecule has 0 aliphatic rings. The van der Waals surface area contributed by atoms with Crippen molar-refractivity contribution in [3.05, 3.63) is 48.6 Å². The molecule has 0 saturated heterocycles. The zero-order valence-electron chi connectivity index (χ0n) is 50.3. The molecule has 6 nitrogen and oxygen atoms in total. The van der Waals surface area contributed by atoms with Gasteiger partial charge in [-0.1, -0.05) is 320 Å². The third-order valence-corrected chi connectivity index (χ3v) is 14.8. The van der Waals surface area contributed by atoms with Gasteiger partial charge in [-0.05, 0) is 64.2 Å². The fraction of sp³-hybridized carbons (Fsp3) is 0.841. The van der Waals surface area contributed by atoms with Crippen molar-refractivity contribution in [2.45, 2.75) is 361 Å². The maximum absolute atomic E-state index is 12.9. The van der Waals surface area contributed by atoms with Gasteiger partial charge < -0.3 is 14.2 Å². The lowest BCUT2D eigenvalue weighted by Crippen LogP contribution is -2.30. The van der Waals surface area contributed by atoms with Crippen LogP contribution in [0.25, 0.3) is 0 Å². The molecule has 0 aromatic heterocycles. The first-order chi connectivity index (χ1) is 37.0. The molecule has 438 valence electrons. The van der Waals surface area contributed by atoms with E-state index in [2.05, 4.69) is 69.4 Å². The van der Waals surface area contributed by atoms with Crippen LogP contribution in [0.2, 0.25) is 0 Å². The second-order valence-corrected chi connectivity index (χ2v) is 22.4. The Labute approximate surface area is 467 Å². The Morgan fingerprint density at radius 2 is 0.480 bits per heavy atom. The second kappa shape index (κ2) is 63.9. The van der Waals surface area contributed by atoms with Crippen molar-refractivity contribution in [1.82, 2.24) is 0 Å². The van der Waals surface area contributed by atoms with Crippen molar-refractivity contribution in [2.75, 3.05) is 13.2 Å². The summed E-state index contributed by atoms with van der Waals surface area (Å²) < 4.78 is 17.0. The van der Waals surface area contributed by atoms with E-state index in [-0.39, 0.29) is 31.1 Å². The van der Waals surface area contributed by atoms with Gasteiger partial charge in [0.1, 0.15) is 13.2 Å². The molecular weight excluding hydrogens is 925 g/mol. The Morgan fingerprint density at radius 1 is 0.267 bits per heavy atom. The van der Waals surface area contributed by atoms with E-state index in [1.165, 1.54) is 231 Å². The summed E-state index contributed by atoms with van der Waals surface area (Å²) in [6, 6.07) is 0. The zero-order valence-corrected chi connectivity index (χ0v) is 50.3. The van der Waals surface area contributed by atoms with Crippen molar-refractivity contribution in [3.8, 4) is 0 Å². The first-order valence-electron chi connectivity index (χ1n) is 33.1. The number of esters is 3. The molecule has 0 radical (unpaired) electrons. The van der Waals surface area contributed by atoms with Crippen molar-refractivity contribution in [1.29, 1.82) is 0 Å². The van der Waals surface area contributed by atoms with Crippen molar-refractivity contribution >= 4 is 17.9 Å². The van der Waals surface area contributed by atoms with Crippen molar-refractivity contribution in [3.63, 3.8) is 0 Å². The third-order valence-electron chi connectivity index (χ3n) is 14.8. The number of hydrogen-bond acceptors (Lipinski definition) is 6. The van der Waals surface area contributed by atoms with E-state index in [4.69, 9.17) is 14.2 Å². The minimum Gasteiger partial charge on any atom is -0.462 e. The lowest BCUT2D eigenvalue weighted by atomic mass is 10.0. The summed E-state index contributed by atoms with van der Waals surface area (Å²) in [6.45, 7) is 6.65. The largest absolute Gasteiger partial charge is 0.462 e. The van der Waals surface area contributed by atoms with Crippen LogP contribution in [0.1, 0.15) is 355 Å². The van der Waals surface area contributed by atoms with Crippen molar-refractivity contribution < 1.29 is 28.6 Å². The molecule has 0 unspecified atom stereocenters. The van der Waals surface area contributed by atoms with Crippen LogP contribution in [0.3, 0.4) is 0 Å². The standard InChI is InChI=1S/C69H126O6/c1-4-7-10-13-16-19-22-25-28-31-34-37-40-43-46-49-52-55-58-61-67(70)73-64-66(75-69(72)63-60-57-54-51-48-45-42-39-36-33-30-27-24-21-18-15-12-9-6-3)65-74-68(71)62-59-56-53-50-47-44-41-38-35-32-29-26-23-20-17-14-11-8-5-2/h16,19,25,28,34,37,43,46,66H,4-15,17-18,20-24,26-27,29-33,35-36,38-42,44-45,47-65H2,1-3H3/b19-16-,28-25-,37-34-,46-43-/t66-/m1/s1. The quantitative estimate of drug-likeness (QED) is 0.0261. The fourth-order valence-electron chi connectivity index (χ4n) is 9.84. The number of ether oxygens (including phenoxy) is 3. The summed E-state index contributed by atoms with van der Waals surface area (Å²) in [5, 5.41) is 0. The summed E-state index contributed by atoms with van der Waals surface area (Å²) in [6.07, 6.45) is 79.7. The third kappa shape index (κ3) is 62.1. The monoisotopic (exact) mass is 1050 g/mol. The Kier molecular flexibility index (Phi) is 61.7. The van der Waals surface area contributed by atoms with Crippen LogP contribution in [0.4, 0.5) is 0 Å². The molecule has 0 N–H and O–H groups in total. The predicted molar refractivity (Wildman–Crippen MR) is 325 cm³/mol. The van der Waals surface area contributed by atoms with Crippen LogP contribution in [0.5, 0.6) is 0 Å². The Hall–Kier alpha value is -2.63. The lowest BCUT2D eigenvalue weighted by Gasteiger charge is -2.18. The molecule has 0 bridgehead atoms. The highest BCUT2D eigenvalue weighted by molar-refractivity contribution is 5.71. The number of allylic oxidation sites excluding steroid dienone is 8. The summed E-state index contributed by atoms with van der Waals surface area (Å²) >= 11 is 0. The van der Waals surface area contributed by atoms with E-state index in [9.17, 15) is 14.4 Å². The maximum Gasteiger partial charge on any atom is 0.306 e. The number of unbranched alkanes of at least 4 members (excludes halogenated alkanes) is 42. The predicted octanol–water partition coefficient (Wildman–Crippen LogP) is 22.6.